The van der Waals surface area contributed by atoms with Crippen LogP contribution in [0.15, 0.2) is 53.1 Å². The molecule has 0 aliphatic carbocycles. The van der Waals surface area contributed by atoms with Crippen LogP contribution in [0.4, 0.5) is 0 Å². The zero-order valence-electron chi connectivity index (χ0n) is 15.8. The van der Waals surface area contributed by atoms with Crippen LogP contribution >= 0.6 is 0 Å². The van der Waals surface area contributed by atoms with Gasteiger partial charge in [0.15, 0.2) is 5.78 Å². The van der Waals surface area contributed by atoms with E-state index in [4.69, 9.17) is 5.11 Å². The van der Waals surface area contributed by atoms with Crippen LogP contribution in [0.5, 0.6) is 11.5 Å². The topological polar surface area (TPSA) is 135 Å². The van der Waals surface area contributed by atoms with Crippen LogP contribution in [0.25, 0.3) is 0 Å². The van der Waals surface area contributed by atoms with Crippen molar-refractivity contribution in [1.82, 2.24) is 0 Å². The van der Waals surface area contributed by atoms with Crippen molar-refractivity contribution in [2.75, 3.05) is 13.2 Å². The molecule has 0 aliphatic rings. The second kappa shape index (κ2) is 11.7. The van der Waals surface area contributed by atoms with Crippen molar-refractivity contribution >= 4 is 11.8 Å². The zero-order valence-corrected chi connectivity index (χ0v) is 15.8. The molecule has 0 spiro atoms. The number of rotatable bonds is 11. The summed E-state index contributed by atoms with van der Waals surface area (Å²) in [7, 11) is 0. The highest BCUT2D eigenvalue weighted by molar-refractivity contribution is 6.10. The predicted molar refractivity (Wildman–Crippen MR) is 104 cm³/mol. The molecule has 1 aromatic rings. The molecule has 0 aromatic heterocycles. The first-order chi connectivity index (χ1) is 13.3. The quantitative estimate of drug-likeness (QED) is 0.170. The summed E-state index contributed by atoms with van der Waals surface area (Å²) >= 11 is 0. The Bertz CT molecular complexity index is 788. The van der Waals surface area contributed by atoms with Gasteiger partial charge in [0.1, 0.15) is 11.5 Å². The number of phenolic OH excluding ortho intramolecular Hbond substituents is 2. The molecule has 0 bridgehead atoms. The molecule has 5 N–H and O–H groups in total. The third-order valence-corrected chi connectivity index (χ3v) is 4.08. The minimum absolute atomic E-state index is 0.0201. The maximum absolute atomic E-state index is 12.2. The summed E-state index contributed by atoms with van der Waals surface area (Å²) in [6, 6.07) is 3.44. The summed E-state index contributed by atoms with van der Waals surface area (Å²) in [6.07, 6.45) is 6.13. The van der Waals surface area contributed by atoms with Crippen LogP contribution in [-0.2, 0) is 4.79 Å². The van der Waals surface area contributed by atoms with E-state index in [2.05, 4.69) is 0 Å². The van der Waals surface area contributed by atoms with Gasteiger partial charge in [0, 0.05) is 5.57 Å². The number of allylic oxidation sites excluding steroid dienone is 3. The van der Waals surface area contributed by atoms with E-state index >= 15 is 0 Å². The number of carboxylic acids is 1. The van der Waals surface area contributed by atoms with Gasteiger partial charge in [-0.05, 0) is 62.5 Å². The Morgan fingerprint density at radius 3 is 2.29 bits per heavy atom. The van der Waals surface area contributed by atoms with Crippen LogP contribution in [-0.4, -0.2) is 50.5 Å². The number of hydrogen-bond acceptors (Lipinski definition) is 6. The second-order valence-corrected chi connectivity index (χ2v) is 6.35. The summed E-state index contributed by atoms with van der Waals surface area (Å²) in [5.41, 5.74) is 1.25. The molecule has 0 saturated heterocycles. The van der Waals surface area contributed by atoms with Crippen molar-refractivity contribution in [3.63, 3.8) is 0 Å². The van der Waals surface area contributed by atoms with E-state index < -0.39 is 11.8 Å². The molecule has 7 nitrogen and oxygen atoms in total. The minimum atomic E-state index is -1.26. The van der Waals surface area contributed by atoms with Crippen LogP contribution in [0.2, 0.25) is 0 Å². The highest BCUT2D eigenvalue weighted by Crippen LogP contribution is 2.23. The standard InChI is InChI=1S/C21H26O7/c1-14(12-22)4-2-5-15(13-23)6-3-7-16(21(27)28)10-20(26)18-11-17(24)8-9-19(18)25/h4,6,8-11,22-25H,2-3,5,7,12-13H2,1H3,(H,27,28). The molecular formula is C21H26O7. The van der Waals surface area contributed by atoms with Gasteiger partial charge < -0.3 is 25.5 Å². The van der Waals surface area contributed by atoms with Crippen LogP contribution < -0.4 is 0 Å². The number of aromatic hydroxyl groups is 2. The fourth-order valence-electron chi connectivity index (χ4n) is 2.44. The van der Waals surface area contributed by atoms with E-state index in [1.54, 1.807) is 13.0 Å². The third kappa shape index (κ3) is 7.77. The van der Waals surface area contributed by atoms with Gasteiger partial charge in [-0.2, -0.15) is 0 Å². The zero-order chi connectivity index (χ0) is 21.1. The van der Waals surface area contributed by atoms with Gasteiger partial charge in [-0.1, -0.05) is 17.7 Å². The van der Waals surface area contributed by atoms with E-state index in [0.29, 0.717) is 19.3 Å². The molecule has 1 aromatic carbocycles. The first kappa shape index (κ1) is 23.1. The molecule has 1 rings (SSSR count). The van der Waals surface area contributed by atoms with Crippen molar-refractivity contribution in [3.8, 4) is 11.5 Å². The Labute approximate surface area is 163 Å². The largest absolute Gasteiger partial charge is 0.508 e. The van der Waals surface area contributed by atoms with E-state index in [0.717, 1.165) is 29.4 Å². The summed E-state index contributed by atoms with van der Waals surface area (Å²) in [5.74, 6) is -2.54. The fourth-order valence-corrected chi connectivity index (χ4v) is 2.44. The number of aliphatic carboxylic acids is 1. The highest BCUT2D eigenvalue weighted by Gasteiger charge is 2.14. The summed E-state index contributed by atoms with van der Waals surface area (Å²) in [5, 5.41) is 46.8. The van der Waals surface area contributed by atoms with E-state index in [1.807, 2.05) is 6.08 Å². The Morgan fingerprint density at radius 1 is 1.00 bits per heavy atom. The van der Waals surface area contributed by atoms with Crippen LogP contribution in [0.3, 0.4) is 0 Å². The molecule has 7 heteroatoms. The van der Waals surface area contributed by atoms with Gasteiger partial charge in [-0.15, -0.1) is 0 Å². The Morgan fingerprint density at radius 2 is 1.68 bits per heavy atom. The SMILES string of the molecule is CC(=CCCC(=CCCC(=CC(=O)c1cc(O)ccc1O)C(=O)O)CO)CO. The third-order valence-electron chi connectivity index (χ3n) is 4.08. The monoisotopic (exact) mass is 390 g/mol. The van der Waals surface area contributed by atoms with E-state index in [9.17, 15) is 30.0 Å². The highest BCUT2D eigenvalue weighted by atomic mass is 16.4. The smallest absolute Gasteiger partial charge is 0.331 e. The molecule has 152 valence electrons. The van der Waals surface area contributed by atoms with Crippen LogP contribution in [0, 0.1) is 0 Å². The second-order valence-electron chi connectivity index (χ2n) is 6.35. The maximum Gasteiger partial charge on any atom is 0.331 e. The Hall–Kier alpha value is -2.90. The van der Waals surface area contributed by atoms with E-state index in [-0.39, 0.29) is 42.3 Å². The molecular weight excluding hydrogens is 364 g/mol. The molecule has 0 unspecified atom stereocenters. The lowest BCUT2D eigenvalue weighted by Crippen LogP contribution is -2.05. The van der Waals surface area contributed by atoms with Crippen molar-refractivity contribution in [1.29, 1.82) is 0 Å². The number of benzene rings is 1. The Kier molecular flexibility index (Phi) is 9.70. The summed E-state index contributed by atoms with van der Waals surface area (Å²) in [6.45, 7) is 1.62. The summed E-state index contributed by atoms with van der Waals surface area (Å²) in [4.78, 5) is 23.6. The number of aliphatic hydroxyl groups is 2. The van der Waals surface area contributed by atoms with Crippen molar-refractivity contribution in [3.05, 3.63) is 58.7 Å². The van der Waals surface area contributed by atoms with Gasteiger partial charge in [0.05, 0.1) is 18.8 Å². The van der Waals surface area contributed by atoms with Gasteiger partial charge in [-0.25, -0.2) is 4.79 Å². The molecule has 0 heterocycles. The molecule has 0 atom stereocenters. The van der Waals surface area contributed by atoms with Gasteiger partial charge in [0.25, 0.3) is 0 Å². The number of ketones is 1. The van der Waals surface area contributed by atoms with Crippen molar-refractivity contribution in [2.45, 2.75) is 32.6 Å². The maximum atomic E-state index is 12.2. The number of phenols is 2. The molecule has 28 heavy (non-hydrogen) atoms. The van der Waals surface area contributed by atoms with Gasteiger partial charge in [0.2, 0.25) is 0 Å². The number of carbonyl (C=O) groups excluding carboxylic acids is 1. The average molecular weight is 390 g/mol. The van der Waals surface area contributed by atoms with Crippen molar-refractivity contribution < 1.29 is 35.1 Å². The first-order valence-electron chi connectivity index (χ1n) is 8.83. The first-order valence-corrected chi connectivity index (χ1v) is 8.83. The molecule has 0 saturated carbocycles. The molecule has 0 fully saturated rings. The number of aliphatic hydroxyl groups excluding tert-OH is 2. The average Bonchev–Trinajstić information content (AvgIpc) is 2.67. The summed E-state index contributed by atoms with van der Waals surface area (Å²) < 4.78 is 0. The predicted octanol–water partition coefficient (Wildman–Crippen LogP) is 2.71. The molecule has 0 radical (unpaired) electrons. The number of carboxylic acid groups (broad SMARTS) is 1. The van der Waals surface area contributed by atoms with Crippen LogP contribution in [0.1, 0.15) is 43.0 Å². The lowest BCUT2D eigenvalue weighted by Gasteiger charge is -2.05. The molecule has 0 aliphatic heterocycles. The lowest BCUT2D eigenvalue weighted by atomic mass is 10.0. The minimum Gasteiger partial charge on any atom is -0.508 e. The lowest BCUT2D eigenvalue weighted by molar-refractivity contribution is -0.132. The van der Waals surface area contributed by atoms with Crippen molar-refractivity contribution in [2.24, 2.45) is 0 Å². The Balaban J connectivity index is 2.81. The number of carbonyl (C=O) groups is 2. The van der Waals surface area contributed by atoms with E-state index in [1.165, 1.54) is 6.07 Å². The number of hydrogen-bond donors (Lipinski definition) is 5. The molecule has 0 amide bonds. The van der Waals surface area contributed by atoms with Gasteiger partial charge >= 0.3 is 5.97 Å². The normalized spacial score (nSPS) is 12.9. The fraction of sp³-hybridized carbons (Fsp3) is 0.333. The van der Waals surface area contributed by atoms with Gasteiger partial charge in [-0.3, -0.25) is 4.79 Å².